The van der Waals surface area contributed by atoms with Gasteiger partial charge in [-0.1, -0.05) is 111 Å². The van der Waals surface area contributed by atoms with E-state index < -0.39 is 8.96 Å². The summed E-state index contributed by atoms with van der Waals surface area (Å²) in [6.07, 6.45) is 20.3. The molecule has 0 N–H and O–H groups in total. The van der Waals surface area contributed by atoms with E-state index in [1.807, 2.05) is 0 Å². The Bertz CT molecular complexity index is 243. The van der Waals surface area contributed by atoms with Gasteiger partial charge in [-0.3, -0.25) is 0 Å². The van der Waals surface area contributed by atoms with E-state index in [1.54, 1.807) is 0 Å². The number of hydrogen-bond acceptors (Lipinski definition) is 1. The Balaban J connectivity index is 0. The molecule has 1 nitrogen and oxygen atoms in total. The molecule has 0 aliphatic heterocycles. The van der Waals surface area contributed by atoms with Crippen LogP contribution in [0.15, 0.2) is 0 Å². The van der Waals surface area contributed by atoms with Crippen molar-refractivity contribution in [3.8, 4) is 0 Å². The van der Waals surface area contributed by atoms with Gasteiger partial charge in [0.15, 0.2) is 0 Å². The highest BCUT2D eigenvalue weighted by molar-refractivity contribution is 6.59. The monoisotopic (exact) mass is 411 g/mol. The van der Waals surface area contributed by atoms with Crippen molar-refractivity contribution in [3.05, 3.63) is 0 Å². The Kier molecular flexibility index (Phi) is 20.3. The number of halogens is 2. The van der Waals surface area contributed by atoms with Crippen LogP contribution in [0.25, 0.3) is 0 Å². The van der Waals surface area contributed by atoms with E-state index in [-0.39, 0.29) is 17.9 Å². The fraction of sp³-hybridized carbons (Fsp3) is 1.00. The minimum atomic E-state index is -0.967. The van der Waals surface area contributed by atoms with Gasteiger partial charge >= 0.3 is 0 Å². The van der Waals surface area contributed by atoms with Gasteiger partial charge in [-0.05, 0) is 31.0 Å². The van der Waals surface area contributed by atoms with Crippen LogP contribution in [0.1, 0.15) is 117 Å². The van der Waals surface area contributed by atoms with E-state index in [4.69, 9.17) is 11.8 Å². The van der Waals surface area contributed by atoms with Crippen LogP contribution in [0.4, 0.5) is 0 Å². The second-order valence-electron chi connectivity index (χ2n) is 8.06. The molecule has 0 aromatic carbocycles. The molecule has 4 heteroatoms. The van der Waals surface area contributed by atoms with E-state index >= 15 is 0 Å². The minimum absolute atomic E-state index is 0. The van der Waals surface area contributed by atoms with Crippen molar-refractivity contribution < 1.29 is 0 Å². The summed E-state index contributed by atoms with van der Waals surface area (Å²) in [6.45, 7) is 11.7. The molecule has 0 saturated carbocycles. The molecule has 0 aromatic rings. The van der Waals surface area contributed by atoms with Crippen molar-refractivity contribution in [3.63, 3.8) is 0 Å². The molecular weight excluding hydrogens is 365 g/mol. The fourth-order valence-electron chi connectivity index (χ4n) is 3.89. The molecule has 0 fully saturated rings. The molecule has 0 heterocycles. The SMILES string of the molecule is CCCCCCC(CCCCCC)(CCCCCC)N(Cl)[SiH](C)C.Cl. The Morgan fingerprint density at radius 1 is 0.640 bits per heavy atom. The van der Waals surface area contributed by atoms with Gasteiger partial charge in [0.1, 0.15) is 8.96 Å². The Morgan fingerprint density at radius 2 is 0.960 bits per heavy atom. The normalized spacial score (nSPS) is 12.0. The highest BCUT2D eigenvalue weighted by Gasteiger charge is 2.36. The highest BCUT2D eigenvalue weighted by atomic mass is 35.5. The molecule has 0 amide bonds. The first-order chi connectivity index (χ1) is 11.5. The van der Waals surface area contributed by atoms with Gasteiger partial charge in [-0.2, -0.15) is 0 Å². The molecule has 0 radical (unpaired) electrons. The maximum Gasteiger partial charge on any atom is 0.126 e. The lowest BCUT2D eigenvalue weighted by Gasteiger charge is -2.43. The van der Waals surface area contributed by atoms with Crippen molar-refractivity contribution in [2.24, 2.45) is 0 Å². The summed E-state index contributed by atoms with van der Waals surface area (Å²) in [6, 6.07) is 0. The molecule has 0 spiro atoms. The summed E-state index contributed by atoms with van der Waals surface area (Å²) < 4.78 is 2.36. The largest absolute Gasteiger partial charge is 0.240 e. The predicted octanol–water partition coefficient (Wildman–Crippen LogP) is 8.50. The van der Waals surface area contributed by atoms with Crippen LogP contribution >= 0.6 is 24.2 Å². The second kappa shape index (κ2) is 18.1. The van der Waals surface area contributed by atoms with Gasteiger partial charge < -0.3 is 0 Å². The summed E-state index contributed by atoms with van der Waals surface area (Å²) in [5.74, 6) is 0. The minimum Gasteiger partial charge on any atom is -0.240 e. The smallest absolute Gasteiger partial charge is 0.126 e. The maximum absolute atomic E-state index is 6.97. The molecule has 0 rings (SSSR count). The first-order valence-electron chi connectivity index (χ1n) is 11.0. The summed E-state index contributed by atoms with van der Waals surface area (Å²) >= 11 is 6.97. The average molecular weight is 413 g/mol. The molecule has 154 valence electrons. The third kappa shape index (κ3) is 12.7. The zero-order valence-electron chi connectivity index (χ0n) is 17.9. The van der Waals surface area contributed by atoms with Crippen LogP contribution < -0.4 is 0 Å². The first-order valence-corrected chi connectivity index (χ1v) is 14.2. The van der Waals surface area contributed by atoms with Crippen molar-refractivity contribution >= 4 is 33.1 Å². The number of hydrogen-bond donors (Lipinski definition) is 0. The lowest BCUT2D eigenvalue weighted by Crippen LogP contribution is -2.48. The third-order valence-corrected chi connectivity index (χ3v) is 8.38. The van der Waals surface area contributed by atoms with Crippen LogP contribution in [0.2, 0.25) is 13.1 Å². The molecular formula is C21H47Cl2NSi. The molecule has 0 unspecified atom stereocenters. The van der Waals surface area contributed by atoms with E-state index in [0.29, 0.717) is 0 Å². The first kappa shape index (κ1) is 28.0. The van der Waals surface area contributed by atoms with Crippen molar-refractivity contribution in [1.82, 2.24) is 4.08 Å². The van der Waals surface area contributed by atoms with Crippen LogP contribution in [0, 0.1) is 0 Å². The topological polar surface area (TPSA) is 3.24 Å². The molecule has 0 atom stereocenters. The van der Waals surface area contributed by atoms with Crippen LogP contribution in [0.5, 0.6) is 0 Å². The molecule has 0 aliphatic carbocycles. The summed E-state index contributed by atoms with van der Waals surface area (Å²) in [7, 11) is -0.967. The van der Waals surface area contributed by atoms with Gasteiger partial charge in [0, 0.05) is 5.54 Å². The molecule has 0 bridgehead atoms. The van der Waals surface area contributed by atoms with Gasteiger partial charge in [-0.25, -0.2) is 4.08 Å². The number of rotatable bonds is 17. The molecule has 0 aromatic heterocycles. The number of unbranched alkanes of at least 4 members (excludes halogenated alkanes) is 9. The quantitative estimate of drug-likeness (QED) is 0.131. The third-order valence-electron chi connectivity index (χ3n) is 5.39. The Morgan fingerprint density at radius 3 is 1.20 bits per heavy atom. The Labute approximate surface area is 172 Å². The zero-order valence-corrected chi connectivity index (χ0v) is 20.6. The summed E-state index contributed by atoms with van der Waals surface area (Å²) in [5.41, 5.74) is 0.289. The average Bonchev–Trinajstić information content (AvgIpc) is 2.58. The Hall–Kier alpha value is 0.757. The lowest BCUT2D eigenvalue weighted by molar-refractivity contribution is 0.199. The van der Waals surface area contributed by atoms with E-state index in [1.165, 1.54) is 96.3 Å². The van der Waals surface area contributed by atoms with Crippen molar-refractivity contribution in [2.75, 3.05) is 0 Å². The number of nitrogens with zero attached hydrogens (tertiary/aromatic N) is 1. The van der Waals surface area contributed by atoms with Gasteiger partial charge in [0.05, 0.1) is 0 Å². The van der Waals surface area contributed by atoms with Gasteiger partial charge in [-0.15, -0.1) is 12.4 Å². The van der Waals surface area contributed by atoms with E-state index in [0.717, 1.165) is 0 Å². The van der Waals surface area contributed by atoms with Crippen LogP contribution in [-0.2, 0) is 0 Å². The zero-order chi connectivity index (χ0) is 18.3. The van der Waals surface area contributed by atoms with Gasteiger partial charge in [0.2, 0.25) is 0 Å². The maximum atomic E-state index is 6.97. The molecule has 0 aliphatic rings. The predicted molar refractivity (Wildman–Crippen MR) is 123 cm³/mol. The van der Waals surface area contributed by atoms with E-state index in [9.17, 15) is 0 Å². The highest BCUT2D eigenvalue weighted by Crippen LogP contribution is 2.37. The summed E-state index contributed by atoms with van der Waals surface area (Å²) in [4.78, 5) is 0. The van der Waals surface area contributed by atoms with Crippen LogP contribution in [-0.4, -0.2) is 18.6 Å². The van der Waals surface area contributed by atoms with Crippen molar-refractivity contribution in [1.29, 1.82) is 0 Å². The standard InChI is InChI=1S/C21H46ClNSi.ClH/c1-6-9-12-15-18-21(23(22)24(4)5,19-16-13-10-7-2)20-17-14-11-8-3;/h24H,6-20H2,1-5H3;1H. The summed E-state index contributed by atoms with van der Waals surface area (Å²) in [5, 5.41) is 0. The van der Waals surface area contributed by atoms with Gasteiger partial charge in [0.25, 0.3) is 0 Å². The lowest BCUT2D eigenvalue weighted by atomic mass is 9.82. The molecule has 25 heavy (non-hydrogen) atoms. The van der Waals surface area contributed by atoms with Crippen LogP contribution in [0.3, 0.4) is 0 Å². The fourth-order valence-corrected chi connectivity index (χ4v) is 5.62. The van der Waals surface area contributed by atoms with Crippen molar-refractivity contribution in [2.45, 2.75) is 136 Å². The molecule has 0 saturated heterocycles. The van der Waals surface area contributed by atoms with E-state index in [2.05, 4.69) is 37.9 Å². The second-order valence-corrected chi connectivity index (χ2v) is 11.5.